The Morgan fingerprint density at radius 3 is 1.90 bits per heavy atom. The largest absolute Gasteiger partial charge is 0.497 e. The fraction of sp³-hybridized carbons (Fsp3) is 0.667. The molecule has 0 bridgehead atoms. The van der Waals surface area contributed by atoms with Crippen LogP contribution in [0.3, 0.4) is 0 Å². The second-order valence-corrected chi connectivity index (χ2v) is 14.1. The highest BCUT2D eigenvalue weighted by molar-refractivity contribution is 6.77. The highest BCUT2D eigenvalue weighted by Gasteiger charge is 2.45. The first-order valence-electron chi connectivity index (χ1n) is 10.7. The van der Waals surface area contributed by atoms with E-state index in [1.54, 1.807) is 21.3 Å². The second kappa shape index (κ2) is 11.8. The van der Waals surface area contributed by atoms with Crippen molar-refractivity contribution in [2.75, 3.05) is 21.3 Å². The molecular formula is C24H42O4Si. The Kier molecular flexibility index (Phi) is 10.4. The van der Waals surface area contributed by atoms with E-state index in [0.29, 0.717) is 23.2 Å². The van der Waals surface area contributed by atoms with Crippen LogP contribution in [0, 0.1) is 0 Å². The fourth-order valence-corrected chi connectivity index (χ4v) is 10.2. The fourth-order valence-electron chi connectivity index (χ4n) is 4.58. The molecule has 0 aliphatic rings. The molecule has 0 amide bonds. The Morgan fingerprint density at radius 2 is 1.45 bits per heavy atom. The van der Waals surface area contributed by atoms with Gasteiger partial charge in [-0.25, -0.2) is 0 Å². The van der Waals surface area contributed by atoms with Crippen molar-refractivity contribution in [3.63, 3.8) is 0 Å². The van der Waals surface area contributed by atoms with Gasteiger partial charge in [0.1, 0.15) is 11.5 Å². The summed E-state index contributed by atoms with van der Waals surface area (Å²) in [7, 11) is 3.17. The minimum Gasteiger partial charge on any atom is -0.497 e. The number of hydrogen-bond acceptors (Lipinski definition) is 4. The molecule has 1 aromatic rings. The summed E-state index contributed by atoms with van der Waals surface area (Å²) in [6.45, 7) is 16.7. The molecule has 0 aliphatic carbocycles. The molecule has 4 nitrogen and oxygen atoms in total. The van der Waals surface area contributed by atoms with Gasteiger partial charge in [-0.15, -0.1) is 0 Å². The molecule has 0 aromatic heterocycles. The minimum absolute atomic E-state index is 0.184. The van der Waals surface area contributed by atoms with Gasteiger partial charge < -0.3 is 18.6 Å². The molecule has 0 saturated heterocycles. The van der Waals surface area contributed by atoms with Crippen LogP contribution in [-0.2, 0) is 15.8 Å². The van der Waals surface area contributed by atoms with Gasteiger partial charge in [0.2, 0.25) is 8.32 Å². The number of ether oxygens (including phenoxy) is 3. The number of hydrogen-bond donors (Lipinski definition) is 0. The predicted octanol–water partition coefficient (Wildman–Crippen LogP) is 6.83. The summed E-state index contributed by atoms with van der Waals surface area (Å²) in [6.07, 6.45) is 5.37. The lowest BCUT2D eigenvalue weighted by atomic mass is 10.0. The lowest BCUT2D eigenvalue weighted by Crippen LogP contribution is -2.49. The molecule has 1 rings (SSSR count). The molecule has 29 heavy (non-hydrogen) atoms. The molecule has 1 aromatic carbocycles. The molecule has 1 atom stereocenters. The van der Waals surface area contributed by atoms with Crippen molar-refractivity contribution in [1.82, 2.24) is 0 Å². The normalized spacial score (nSPS) is 13.7. The topological polar surface area (TPSA) is 36.9 Å². The number of benzene rings is 1. The first kappa shape index (κ1) is 25.7. The molecule has 0 spiro atoms. The van der Waals surface area contributed by atoms with E-state index in [2.05, 4.69) is 60.6 Å². The number of rotatable bonds is 12. The molecule has 0 unspecified atom stereocenters. The van der Waals surface area contributed by atoms with Gasteiger partial charge in [0.15, 0.2) is 0 Å². The number of methoxy groups -OCH3 is 3. The summed E-state index contributed by atoms with van der Waals surface area (Å²) in [5, 5.41) is 0. The first-order valence-corrected chi connectivity index (χ1v) is 12.9. The maximum Gasteiger partial charge on any atom is 0.200 e. The molecule has 0 heterocycles. The van der Waals surface area contributed by atoms with Gasteiger partial charge in [-0.1, -0.05) is 53.7 Å². The standard InChI is InChI=1S/C24H42O4Si/c1-17(2)29(18(3)4,19(5)6)28-20(7)12-11-13-21-14-22(26-9)15-24(27-10)23(21)16-25-8/h11,13-15,17-20H,12,16H2,1-10H3/b13-11+/t20-/m1/s1. The van der Waals surface area contributed by atoms with E-state index in [1.165, 1.54) is 0 Å². The summed E-state index contributed by atoms with van der Waals surface area (Å²) >= 11 is 0. The predicted molar refractivity (Wildman–Crippen MR) is 126 cm³/mol. The Labute approximate surface area is 179 Å². The van der Waals surface area contributed by atoms with Gasteiger partial charge in [0.05, 0.1) is 20.8 Å². The zero-order valence-electron chi connectivity index (χ0n) is 20.2. The van der Waals surface area contributed by atoms with E-state index in [-0.39, 0.29) is 6.10 Å². The van der Waals surface area contributed by atoms with Gasteiger partial charge in [-0.3, -0.25) is 0 Å². The summed E-state index contributed by atoms with van der Waals surface area (Å²) in [6, 6.07) is 3.92. The van der Waals surface area contributed by atoms with Gasteiger partial charge in [0.25, 0.3) is 0 Å². The Hall–Kier alpha value is -1.30. The molecule has 0 aliphatic heterocycles. The highest BCUT2D eigenvalue weighted by atomic mass is 28.4. The van der Waals surface area contributed by atoms with Crippen molar-refractivity contribution in [3.05, 3.63) is 29.3 Å². The zero-order chi connectivity index (χ0) is 22.2. The van der Waals surface area contributed by atoms with E-state index in [4.69, 9.17) is 18.6 Å². The van der Waals surface area contributed by atoms with E-state index in [9.17, 15) is 0 Å². The summed E-state index contributed by atoms with van der Waals surface area (Å²) < 4.78 is 23.2. The highest BCUT2D eigenvalue weighted by Crippen LogP contribution is 2.43. The third-order valence-electron chi connectivity index (χ3n) is 5.84. The van der Waals surface area contributed by atoms with Crippen LogP contribution >= 0.6 is 0 Å². The Bertz CT molecular complexity index is 631. The van der Waals surface area contributed by atoms with E-state index in [1.807, 2.05) is 12.1 Å². The van der Waals surface area contributed by atoms with Gasteiger partial charge in [-0.05, 0) is 41.6 Å². The van der Waals surface area contributed by atoms with E-state index >= 15 is 0 Å². The van der Waals surface area contributed by atoms with Crippen LogP contribution in [-0.4, -0.2) is 35.8 Å². The van der Waals surface area contributed by atoms with Gasteiger partial charge in [-0.2, -0.15) is 0 Å². The van der Waals surface area contributed by atoms with Crippen molar-refractivity contribution in [2.24, 2.45) is 0 Å². The van der Waals surface area contributed by atoms with Crippen LogP contribution in [0.25, 0.3) is 6.08 Å². The van der Waals surface area contributed by atoms with Crippen molar-refractivity contribution in [2.45, 2.75) is 84.2 Å². The Balaban J connectivity index is 3.05. The molecule has 166 valence electrons. The van der Waals surface area contributed by atoms with Gasteiger partial charge in [0, 0.05) is 24.8 Å². The first-order chi connectivity index (χ1) is 13.6. The van der Waals surface area contributed by atoms with Crippen molar-refractivity contribution in [1.29, 1.82) is 0 Å². The van der Waals surface area contributed by atoms with Crippen molar-refractivity contribution >= 4 is 14.4 Å². The second-order valence-electron chi connectivity index (χ2n) is 8.71. The zero-order valence-corrected chi connectivity index (χ0v) is 21.2. The maximum absolute atomic E-state index is 6.84. The van der Waals surface area contributed by atoms with E-state index in [0.717, 1.165) is 29.0 Å². The average molecular weight is 423 g/mol. The molecule has 0 fully saturated rings. The third-order valence-corrected chi connectivity index (χ3v) is 12.1. The van der Waals surface area contributed by atoms with Crippen molar-refractivity contribution < 1.29 is 18.6 Å². The lowest BCUT2D eigenvalue weighted by Gasteiger charge is -2.44. The molecule has 5 heteroatoms. The van der Waals surface area contributed by atoms with E-state index < -0.39 is 8.32 Å². The van der Waals surface area contributed by atoms with Crippen LogP contribution in [0.4, 0.5) is 0 Å². The quantitative estimate of drug-likeness (QED) is 0.346. The lowest BCUT2D eigenvalue weighted by molar-refractivity contribution is 0.181. The summed E-state index contributed by atoms with van der Waals surface area (Å²) in [5.41, 5.74) is 3.84. The molecule has 0 N–H and O–H groups in total. The van der Waals surface area contributed by atoms with Crippen LogP contribution in [0.1, 0.15) is 66.0 Å². The summed E-state index contributed by atoms with van der Waals surface area (Å²) in [5.74, 6) is 1.55. The smallest absolute Gasteiger partial charge is 0.200 e. The van der Waals surface area contributed by atoms with Crippen LogP contribution in [0.15, 0.2) is 18.2 Å². The monoisotopic (exact) mass is 422 g/mol. The van der Waals surface area contributed by atoms with Crippen LogP contribution < -0.4 is 9.47 Å². The third kappa shape index (κ3) is 6.34. The average Bonchev–Trinajstić information content (AvgIpc) is 2.66. The molecular weight excluding hydrogens is 380 g/mol. The molecule has 0 saturated carbocycles. The van der Waals surface area contributed by atoms with Crippen molar-refractivity contribution in [3.8, 4) is 11.5 Å². The summed E-state index contributed by atoms with van der Waals surface area (Å²) in [4.78, 5) is 0. The minimum atomic E-state index is -1.87. The van der Waals surface area contributed by atoms with Gasteiger partial charge >= 0.3 is 0 Å². The van der Waals surface area contributed by atoms with Crippen LogP contribution in [0.2, 0.25) is 16.6 Å². The maximum atomic E-state index is 6.84. The Morgan fingerprint density at radius 1 is 0.862 bits per heavy atom. The van der Waals surface area contributed by atoms with Crippen LogP contribution in [0.5, 0.6) is 11.5 Å². The molecule has 0 radical (unpaired) electrons. The SMILES string of the molecule is COCc1c(/C=C/C[C@@H](C)O[Si](C(C)C)(C(C)C)C(C)C)cc(OC)cc1OC.